The zero-order valence-electron chi connectivity index (χ0n) is 12.5. The van der Waals surface area contributed by atoms with Crippen molar-refractivity contribution in [3.63, 3.8) is 0 Å². The summed E-state index contributed by atoms with van der Waals surface area (Å²) < 4.78 is 0. The number of hydrogen-bond donors (Lipinski definition) is 2. The molecule has 2 amide bonds. The smallest absolute Gasteiger partial charge is 0.283 e. The van der Waals surface area contributed by atoms with E-state index in [9.17, 15) is 9.59 Å². The Balaban J connectivity index is 1.97. The molecular weight excluding hydrogens is 316 g/mol. The third kappa shape index (κ3) is 3.90. The largest absolute Gasteiger partial charge is 0.350 e. The SMILES string of the molecule is C=C1NN(CC(=O)NCc2cccc(Cl)c2)C(=O)C(C#N)=C1C. The molecule has 1 aromatic carbocycles. The molecule has 118 valence electrons. The topological polar surface area (TPSA) is 85.2 Å². The summed E-state index contributed by atoms with van der Waals surface area (Å²) in [7, 11) is 0. The van der Waals surface area contributed by atoms with Gasteiger partial charge in [0.1, 0.15) is 18.2 Å². The highest BCUT2D eigenvalue weighted by molar-refractivity contribution is 6.30. The maximum Gasteiger partial charge on any atom is 0.283 e. The molecule has 1 aromatic rings. The predicted octanol–water partition coefficient (Wildman–Crippen LogP) is 1.66. The van der Waals surface area contributed by atoms with Crippen LogP contribution >= 0.6 is 11.6 Å². The molecule has 2 rings (SSSR count). The van der Waals surface area contributed by atoms with Crippen molar-refractivity contribution in [3.05, 3.63) is 58.3 Å². The van der Waals surface area contributed by atoms with Gasteiger partial charge < -0.3 is 5.32 Å². The van der Waals surface area contributed by atoms with Crippen LogP contribution in [0.3, 0.4) is 0 Å². The minimum absolute atomic E-state index is 0.0172. The van der Waals surface area contributed by atoms with Gasteiger partial charge in [0.15, 0.2) is 0 Å². The lowest BCUT2D eigenvalue weighted by molar-refractivity contribution is -0.135. The number of nitriles is 1. The second-order valence-corrected chi connectivity index (χ2v) is 5.44. The van der Waals surface area contributed by atoms with E-state index in [0.29, 0.717) is 22.8 Å². The lowest BCUT2D eigenvalue weighted by Crippen LogP contribution is -2.50. The van der Waals surface area contributed by atoms with Crippen LogP contribution in [-0.4, -0.2) is 23.4 Å². The Labute approximate surface area is 139 Å². The highest BCUT2D eigenvalue weighted by atomic mass is 35.5. The highest BCUT2D eigenvalue weighted by Gasteiger charge is 2.28. The summed E-state index contributed by atoms with van der Waals surface area (Å²) in [5, 5.41) is 13.4. The molecule has 1 aliphatic rings. The number of rotatable bonds is 4. The highest BCUT2D eigenvalue weighted by Crippen LogP contribution is 2.18. The fraction of sp³-hybridized carbons (Fsp3) is 0.188. The molecule has 0 radical (unpaired) electrons. The van der Waals surface area contributed by atoms with Crippen molar-refractivity contribution in [1.82, 2.24) is 15.8 Å². The lowest BCUT2D eigenvalue weighted by Gasteiger charge is -2.29. The Bertz CT molecular complexity index is 749. The van der Waals surface area contributed by atoms with Gasteiger partial charge in [0, 0.05) is 11.6 Å². The first kappa shape index (κ1) is 16.6. The van der Waals surface area contributed by atoms with Crippen molar-refractivity contribution in [2.75, 3.05) is 6.54 Å². The molecule has 1 aliphatic heterocycles. The second-order valence-electron chi connectivity index (χ2n) is 5.00. The standard InChI is InChI=1S/C16H15ClN4O2/c1-10-11(2)20-21(16(23)14(10)7-18)9-15(22)19-8-12-4-3-5-13(17)6-12/h3-6,20H,2,8-9H2,1H3,(H,19,22). The van der Waals surface area contributed by atoms with Crippen LogP contribution in [0.1, 0.15) is 12.5 Å². The predicted molar refractivity (Wildman–Crippen MR) is 85.6 cm³/mol. The van der Waals surface area contributed by atoms with Crippen LogP contribution in [0.2, 0.25) is 5.02 Å². The summed E-state index contributed by atoms with van der Waals surface area (Å²) in [6, 6.07) is 8.95. The molecule has 0 aliphatic carbocycles. The summed E-state index contributed by atoms with van der Waals surface area (Å²) in [4.78, 5) is 24.1. The van der Waals surface area contributed by atoms with E-state index < -0.39 is 5.91 Å². The van der Waals surface area contributed by atoms with Crippen LogP contribution in [0.25, 0.3) is 0 Å². The molecule has 0 saturated carbocycles. The third-order valence-corrected chi connectivity index (χ3v) is 3.58. The number of nitrogens with one attached hydrogen (secondary N) is 2. The van der Waals surface area contributed by atoms with E-state index in [2.05, 4.69) is 17.3 Å². The minimum atomic E-state index is -0.546. The van der Waals surface area contributed by atoms with Crippen molar-refractivity contribution < 1.29 is 9.59 Å². The van der Waals surface area contributed by atoms with Crippen LogP contribution in [0.4, 0.5) is 0 Å². The van der Waals surface area contributed by atoms with Crippen molar-refractivity contribution in [3.8, 4) is 6.07 Å². The van der Waals surface area contributed by atoms with E-state index in [-0.39, 0.29) is 18.0 Å². The number of benzene rings is 1. The minimum Gasteiger partial charge on any atom is -0.350 e. The lowest BCUT2D eigenvalue weighted by atomic mass is 10.1. The molecule has 1 heterocycles. The molecular formula is C16H15ClN4O2. The first-order chi connectivity index (χ1) is 10.9. The van der Waals surface area contributed by atoms with Crippen LogP contribution in [0.5, 0.6) is 0 Å². The van der Waals surface area contributed by atoms with Crippen molar-refractivity contribution in [1.29, 1.82) is 5.26 Å². The summed E-state index contributed by atoms with van der Waals surface area (Å²) in [6.07, 6.45) is 0. The van der Waals surface area contributed by atoms with Crippen molar-refractivity contribution in [2.45, 2.75) is 13.5 Å². The fourth-order valence-corrected chi connectivity index (χ4v) is 2.25. The molecule has 0 fully saturated rings. The zero-order chi connectivity index (χ0) is 17.0. The first-order valence-corrected chi connectivity index (χ1v) is 7.20. The summed E-state index contributed by atoms with van der Waals surface area (Å²) >= 11 is 5.88. The number of amides is 2. The zero-order valence-corrected chi connectivity index (χ0v) is 13.3. The summed E-state index contributed by atoms with van der Waals surface area (Å²) in [5.74, 6) is -0.911. The number of allylic oxidation sites excluding steroid dienone is 1. The molecule has 7 heteroatoms. The molecule has 0 unspecified atom stereocenters. The fourth-order valence-electron chi connectivity index (χ4n) is 2.03. The van der Waals surface area contributed by atoms with Crippen LogP contribution in [0, 0.1) is 11.3 Å². The van der Waals surface area contributed by atoms with Gasteiger partial charge in [0.2, 0.25) is 5.91 Å². The molecule has 6 nitrogen and oxygen atoms in total. The van der Waals surface area contributed by atoms with E-state index in [1.54, 1.807) is 25.1 Å². The van der Waals surface area contributed by atoms with Crippen LogP contribution in [-0.2, 0) is 16.1 Å². The normalized spacial score (nSPS) is 14.4. The van der Waals surface area contributed by atoms with Gasteiger partial charge in [-0.2, -0.15) is 5.26 Å². The Morgan fingerprint density at radius 2 is 2.26 bits per heavy atom. The Hall–Kier alpha value is -2.78. The number of carbonyl (C=O) groups excluding carboxylic acids is 2. The first-order valence-electron chi connectivity index (χ1n) is 6.82. The van der Waals surface area contributed by atoms with Gasteiger partial charge in [0.05, 0.1) is 5.70 Å². The Morgan fingerprint density at radius 1 is 1.52 bits per heavy atom. The maximum absolute atomic E-state index is 12.1. The third-order valence-electron chi connectivity index (χ3n) is 3.35. The van der Waals surface area contributed by atoms with Crippen LogP contribution < -0.4 is 10.7 Å². The number of hydrogen-bond acceptors (Lipinski definition) is 4. The van der Waals surface area contributed by atoms with E-state index >= 15 is 0 Å². The van der Waals surface area contributed by atoms with E-state index in [4.69, 9.17) is 16.9 Å². The molecule has 0 aromatic heterocycles. The van der Waals surface area contributed by atoms with Gasteiger partial charge in [-0.25, -0.2) is 5.01 Å². The number of nitrogens with zero attached hydrogens (tertiary/aromatic N) is 2. The Morgan fingerprint density at radius 3 is 2.91 bits per heavy atom. The number of halogens is 1. The number of carbonyl (C=O) groups is 2. The number of hydrazine groups is 1. The van der Waals surface area contributed by atoms with E-state index in [1.165, 1.54) is 0 Å². The van der Waals surface area contributed by atoms with Gasteiger partial charge >= 0.3 is 0 Å². The van der Waals surface area contributed by atoms with E-state index in [0.717, 1.165) is 10.6 Å². The van der Waals surface area contributed by atoms with E-state index in [1.807, 2.05) is 12.1 Å². The van der Waals surface area contributed by atoms with Crippen molar-refractivity contribution >= 4 is 23.4 Å². The average Bonchev–Trinajstić information content (AvgIpc) is 2.51. The van der Waals surface area contributed by atoms with Gasteiger partial charge in [-0.15, -0.1) is 0 Å². The molecule has 23 heavy (non-hydrogen) atoms. The van der Waals surface area contributed by atoms with Crippen molar-refractivity contribution in [2.24, 2.45) is 0 Å². The quantitative estimate of drug-likeness (QED) is 0.879. The average molecular weight is 331 g/mol. The maximum atomic E-state index is 12.1. The molecule has 0 atom stereocenters. The molecule has 2 N–H and O–H groups in total. The van der Waals surface area contributed by atoms with Gasteiger partial charge in [0.25, 0.3) is 5.91 Å². The molecule has 0 saturated heterocycles. The summed E-state index contributed by atoms with van der Waals surface area (Å²) in [6.45, 7) is 5.42. The monoisotopic (exact) mass is 330 g/mol. The van der Waals surface area contributed by atoms with Gasteiger partial charge in [-0.05, 0) is 30.2 Å². The summed E-state index contributed by atoms with van der Waals surface area (Å²) in [5.41, 5.74) is 4.45. The molecule has 0 spiro atoms. The van der Waals surface area contributed by atoms with Crippen LogP contribution in [0.15, 0.2) is 47.7 Å². The van der Waals surface area contributed by atoms with Gasteiger partial charge in [-0.1, -0.05) is 30.3 Å². The van der Waals surface area contributed by atoms with Gasteiger partial charge in [-0.3, -0.25) is 15.0 Å². The second kappa shape index (κ2) is 6.99. The Kier molecular flexibility index (Phi) is 5.04. The molecule has 0 bridgehead atoms.